The summed E-state index contributed by atoms with van der Waals surface area (Å²) in [5.41, 5.74) is 3.09. The number of nitrogens with one attached hydrogen (secondary N) is 1. The number of carbonyl (C=O) groups is 2. The van der Waals surface area contributed by atoms with Crippen LogP contribution in [0.1, 0.15) is 53.6 Å². The Hall–Kier alpha value is -3.02. The first kappa shape index (κ1) is 22.2. The molecule has 170 valence electrons. The van der Waals surface area contributed by atoms with Gasteiger partial charge in [0.05, 0.1) is 7.11 Å². The first-order valence-electron chi connectivity index (χ1n) is 11.6. The highest BCUT2D eigenvalue weighted by Gasteiger charge is 2.34. The predicted octanol–water partition coefficient (Wildman–Crippen LogP) is 4.06. The van der Waals surface area contributed by atoms with Gasteiger partial charge in [0.2, 0.25) is 0 Å². The second-order valence-corrected chi connectivity index (χ2v) is 8.81. The van der Waals surface area contributed by atoms with Gasteiger partial charge in [0.15, 0.2) is 0 Å². The van der Waals surface area contributed by atoms with Gasteiger partial charge in [0.1, 0.15) is 5.75 Å². The Labute approximate surface area is 190 Å². The first-order valence-corrected chi connectivity index (χ1v) is 11.6. The third-order valence-electron chi connectivity index (χ3n) is 6.62. The zero-order valence-corrected chi connectivity index (χ0v) is 19.0. The minimum atomic E-state index is -0.135. The lowest BCUT2D eigenvalue weighted by molar-refractivity contribution is 0.0890. The van der Waals surface area contributed by atoms with E-state index in [0.29, 0.717) is 24.4 Å². The Kier molecular flexibility index (Phi) is 6.98. The molecule has 2 aromatic carbocycles. The van der Waals surface area contributed by atoms with E-state index in [2.05, 4.69) is 36.5 Å². The molecule has 2 unspecified atom stereocenters. The van der Waals surface area contributed by atoms with Crippen LogP contribution in [0.25, 0.3) is 0 Å². The highest BCUT2D eigenvalue weighted by molar-refractivity contribution is 5.94. The van der Waals surface area contributed by atoms with Crippen molar-refractivity contribution in [1.29, 1.82) is 0 Å². The fourth-order valence-electron chi connectivity index (χ4n) is 4.77. The van der Waals surface area contributed by atoms with Gasteiger partial charge in [-0.2, -0.15) is 0 Å². The molecule has 6 nitrogen and oxygen atoms in total. The summed E-state index contributed by atoms with van der Waals surface area (Å²) in [5, 5.41) is 3.18. The summed E-state index contributed by atoms with van der Waals surface area (Å²) in [6.45, 7) is 5.02. The van der Waals surface area contributed by atoms with E-state index in [1.54, 1.807) is 19.2 Å². The number of amides is 3. The molecule has 2 fully saturated rings. The molecule has 0 saturated carbocycles. The minimum absolute atomic E-state index is 0.0954. The smallest absolute Gasteiger partial charge is 0.320 e. The number of piperidine rings is 1. The Morgan fingerprint density at radius 3 is 2.47 bits per heavy atom. The SMILES string of the molecule is CCc1ccc(C2CC(NC(=O)c3cccc(OC)c3)CN(C(=O)N3CCCC3)C2)cc1. The molecule has 2 heterocycles. The van der Waals surface area contributed by atoms with E-state index < -0.39 is 0 Å². The van der Waals surface area contributed by atoms with Crippen molar-refractivity contribution >= 4 is 11.9 Å². The molecule has 2 aliphatic rings. The molecule has 0 radical (unpaired) electrons. The van der Waals surface area contributed by atoms with Crippen molar-refractivity contribution in [2.24, 2.45) is 0 Å². The van der Waals surface area contributed by atoms with Crippen molar-refractivity contribution < 1.29 is 14.3 Å². The summed E-state index contributed by atoms with van der Waals surface area (Å²) in [4.78, 5) is 30.0. The van der Waals surface area contributed by atoms with E-state index >= 15 is 0 Å². The standard InChI is InChI=1S/C26H33N3O3/c1-3-19-9-11-20(12-10-19)22-15-23(18-29(17-22)26(31)28-13-4-5-14-28)27-25(30)21-7-6-8-24(16-21)32-2/h6-12,16,22-23H,3-5,13-15,17-18H2,1-2H3,(H,27,30). The summed E-state index contributed by atoms with van der Waals surface area (Å²) in [6, 6.07) is 15.8. The molecule has 0 aromatic heterocycles. The molecular formula is C26H33N3O3. The van der Waals surface area contributed by atoms with E-state index in [9.17, 15) is 9.59 Å². The van der Waals surface area contributed by atoms with Gasteiger partial charge < -0.3 is 19.9 Å². The summed E-state index contributed by atoms with van der Waals surface area (Å²) in [5.74, 6) is 0.710. The fourth-order valence-corrected chi connectivity index (χ4v) is 4.77. The maximum Gasteiger partial charge on any atom is 0.320 e. The van der Waals surface area contributed by atoms with Gasteiger partial charge in [-0.3, -0.25) is 4.79 Å². The molecule has 2 aliphatic heterocycles. The number of rotatable bonds is 5. The number of hydrogen-bond acceptors (Lipinski definition) is 3. The van der Waals surface area contributed by atoms with Gasteiger partial charge in [-0.15, -0.1) is 0 Å². The molecule has 0 spiro atoms. The van der Waals surface area contributed by atoms with Crippen LogP contribution in [-0.4, -0.2) is 61.1 Å². The topological polar surface area (TPSA) is 61.9 Å². The summed E-state index contributed by atoms with van der Waals surface area (Å²) < 4.78 is 5.26. The largest absolute Gasteiger partial charge is 0.497 e. The minimum Gasteiger partial charge on any atom is -0.497 e. The molecule has 2 atom stereocenters. The van der Waals surface area contributed by atoms with Crippen LogP contribution in [0.3, 0.4) is 0 Å². The van der Waals surface area contributed by atoms with Crippen molar-refractivity contribution in [3.63, 3.8) is 0 Å². The quantitative estimate of drug-likeness (QED) is 0.770. The average molecular weight is 436 g/mol. The van der Waals surface area contributed by atoms with Crippen LogP contribution >= 0.6 is 0 Å². The molecule has 0 aliphatic carbocycles. The van der Waals surface area contributed by atoms with E-state index in [1.807, 2.05) is 21.9 Å². The number of benzene rings is 2. The molecule has 32 heavy (non-hydrogen) atoms. The summed E-state index contributed by atoms with van der Waals surface area (Å²) in [6.07, 6.45) is 3.95. The Bertz CT molecular complexity index is 938. The van der Waals surface area contributed by atoms with E-state index in [0.717, 1.165) is 38.8 Å². The van der Waals surface area contributed by atoms with Crippen LogP contribution < -0.4 is 10.1 Å². The van der Waals surface area contributed by atoms with Crippen molar-refractivity contribution in [2.75, 3.05) is 33.3 Å². The summed E-state index contributed by atoms with van der Waals surface area (Å²) in [7, 11) is 1.59. The van der Waals surface area contributed by atoms with Crippen molar-refractivity contribution in [2.45, 2.75) is 44.6 Å². The van der Waals surface area contributed by atoms with Gasteiger partial charge in [0, 0.05) is 43.7 Å². The first-order chi connectivity index (χ1) is 15.6. The van der Waals surface area contributed by atoms with Crippen LogP contribution in [0.5, 0.6) is 5.75 Å². The lowest BCUT2D eigenvalue weighted by Gasteiger charge is -2.40. The van der Waals surface area contributed by atoms with Gasteiger partial charge in [-0.25, -0.2) is 4.79 Å². The number of hydrogen-bond donors (Lipinski definition) is 1. The number of nitrogens with zero attached hydrogens (tertiary/aromatic N) is 2. The van der Waals surface area contributed by atoms with E-state index in [-0.39, 0.29) is 23.9 Å². The zero-order chi connectivity index (χ0) is 22.5. The van der Waals surface area contributed by atoms with Gasteiger partial charge in [0.25, 0.3) is 5.91 Å². The number of urea groups is 1. The highest BCUT2D eigenvalue weighted by atomic mass is 16.5. The molecule has 6 heteroatoms. The van der Waals surface area contributed by atoms with E-state index in [4.69, 9.17) is 4.74 Å². The average Bonchev–Trinajstić information content (AvgIpc) is 3.38. The molecule has 0 bridgehead atoms. The number of aryl methyl sites for hydroxylation is 1. The molecule has 1 N–H and O–H groups in total. The van der Waals surface area contributed by atoms with Gasteiger partial charge in [-0.1, -0.05) is 37.3 Å². The maximum absolute atomic E-state index is 13.2. The van der Waals surface area contributed by atoms with Crippen LogP contribution in [0.4, 0.5) is 4.79 Å². The maximum atomic E-state index is 13.2. The number of ether oxygens (including phenoxy) is 1. The fraction of sp³-hybridized carbons (Fsp3) is 0.462. The normalized spacial score (nSPS) is 20.8. The van der Waals surface area contributed by atoms with Crippen molar-refractivity contribution in [1.82, 2.24) is 15.1 Å². The number of methoxy groups -OCH3 is 1. The van der Waals surface area contributed by atoms with Crippen molar-refractivity contribution in [3.8, 4) is 5.75 Å². The second kappa shape index (κ2) is 10.1. The molecule has 4 rings (SSSR count). The summed E-state index contributed by atoms with van der Waals surface area (Å²) >= 11 is 0. The Morgan fingerprint density at radius 1 is 1.03 bits per heavy atom. The molecule has 2 saturated heterocycles. The number of carbonyl (C=O) groups excluding carboxylic acids is 2. The lowest BCUT2D eigenvalue weighted by Crippen LogP contribution is -2.54. The predicted molar refractivity (Wildman–Crippen MR) is 125 cm³/mol. The third-order valence-corrected chi connectivity index (χ3v) is 6.62. The Morgan fingerprint density at radius 2 is 1.78 bits per heavy atom. The lowest BCUT2D eigenvalue weighted by atomic mass is 9.87. The molecule has 2 aromatic rings. The van der Waals surface area contributed by atoms with E-state index in [1.165, 1.54) is 11.1 Å². The monoisotopic (exact) mass is 435 g/mol. The Balaban J connectivity index is 1.52. The second-order valence-electron chi connectivity index (χ2n) is 8.81. The van der Waals surface area contributed by atoms with Crippen LogP contribution in [0.15, 0.2) is 48.5 Å². The van der Waals surface area contributed by atoms with Crippen LogP contribution in [0, 0.1) is 0 Å². The third kappa shape index (κ3) is 5.06. The van der Waals surface area contributed by atoms with Gasteiger partial charge in [-0.05, 0) is 55.0 Å². The van der Waals surface area contributed by atoms with Crippen molar-refractivity contribution in [3.05, 3.63) is 65.2 Å². The number of likely N-dealkylation sites (tertiary alicyclic amines) is 2. The van der Waals surface area contributed by atoms with Gasteiger partial charge >= 0.3 is 6.03 Å². The van der Waals surface area contributed by atoms with Crippen LogP contribution in [-0.2, 0) is 6.42 Å². The molecular weight excluding hydrogens is 402 g/mol. The zero-order valence-electron chi connectivity index (χ0n) is 19.0. The molecule has 3 amide bonds. The highest BCUT2D eigenvalue weighted by Crippen LogP contribution is 2.29. The van der Waals surface area contributed by atoms with Crippen LogP contribution in [0.2, 0.25) is 0 Å².